The standard InChI is InChI=1S/C47H30S2/c1-47(2)37-19-9-7-17-34(37)44-36(18-11-20-38(44)47)43-31-15-5-3-13-29(31)42(30-14-4-6-16-32(30)43)27-22-23-35-41(26-27)48-40-25-24-33-28-12-8-10-21-39(28)49-46(33)45(35)40/h3-26H,1-2H3. The second-order valence-corrected chi connectivity index (χ2v) is 16.1. The van der Waals surface area contributed by atoms with Gasteiger partial charge in [0.05, 0.1) is 0 Å². The van der Waals surface area contributed by atoms with Crippen molar-refractivity contribution in [2.45, 2.75) is 19.3 Å². The SMILES string of the molecule is CC1(C)c2ccccc2-c2c(-c3c4ccccc4c(-c4ccc5c(c4)sc4ccc6c7ccccc7sc6c45)c4ccccc34)cccc21. The third kappa shape index (κ3) is 3.68. The summed E-state index contributed by atoms with van der Waals surface area (Å²) in [6.45, 7) is 4.74. The Morgan fingerprint density at radius 2 is 1.00 bits per heavy atom. The average molecular weight is 659 g/mol. The van der Waals surface area contributed by atoms with Crippen LogP contribution in [0.2, 0.25) is 0 Å². The largest absolute Gasteiger partial charge is 0.135 e. The molecule has 49 heavy (non-hydrogen) atoms. The minimum atomic E-state index is -0.0471. The highest BCUT2D eigenvalue weighted by atomic mass is 32.1. The van der Waals surface area contributed by atoms with Crippen molar-refractivity contribution >= 4 is 84.6 Å². The number of fused-ring (bicyclic) bond motifs is 12. The van der Waals surface area contributed by atoms with Crippen molar-refractivity contribution in [3.63, 3.8) is 0 Å². The maximum absolute atomic E-state index is 2.45. The predicted octanol–water partition coefficient (Wildman–Crippen LogP) is 14.4. The molecule has 11 rings (SSSR count). The molecule has 0 radical (unpaired) electrons. The maximum atomic E-state index is 2.45. The van der Waals surface area contributed by atoms with E-state index >= 15 is 0 Å². The molecule has 0 spiro atoms. The van der Waals surface area contributed by atoms with Gasteiger partial charge in [0.1, 0.15) is 0 Å². The fraction of sp³-hybridized carbons (Fsp3) is 0.0638. The highest BCUT2D eigenvalue weighted by Crippen LogP contribution is 2.55. The van der Waals surface area contributed by atoms with Gasteiger partial charge in [-0.3, -0.25) is 0 Å². The van der Waals surface area contributed by atoms with E-state index in [1.165, 1.54) is 106 Å². The predicted molar refractivity (Wildman–Crippen MR) is 216 cm³/mol. The van der Waals surface area contributed by atoms with Gasteiger partial charge in [0.15, 0.2) is 0 Å². The Kier molecular flexibility index (Phi) is 5.58. The van der Waals surface area contributed by atoms with Gasteiger partial charge in [0, 0.05) is 45.8 Å². The Hall–Kier alpha value is -5.28. The van der Waals surface area contributed by atoms with E-state index in [0.717, 1.165) is 0 Å². The third-order valence-electron chi connectivity index (χ3n) is 11.1. The van der Waals surface area contributed by atoms with Crippen molar-refractivity contribution in [3.05, 3.63) is 157 Å². The molecular weight excluding hydrogens is 629 g/mol. The van der Waals surface area contributed by atoms with Gasteiger partial charge in [-0.25, -0.2) is 0 Å². The molecule has 2 aromatic heterocycles. The van der Waals surface area contributed by atoms with Crippen molar-refractivity contribution in [1.82, 2.24) is 0 Å². The Morgan fingerprint density at radius 3 is 1.78 bits per heavy atom. The average Bonchev–Trinajstić information content (AvgIpc) is 3.78. The monoisotopic (exact) mass is 658 g/mol. The maximum Gasteiger partial charge on any atom is 0.0448 e. The van der Waals surface area contributed by atoms with Crippen LogP contribution >= 0.6 is 22.7 Å². The zero-order valence-corrected chi connectivity index (χ0v) is 28.8. The number of hydrogen-bond acceptors (Lipinski definition) is 2. The Balaban J connectivity index is 1.20. The van der Waals surface area contributed by atoms with Crippen molar-refractivity contribution in [1.29, 1.82) is 0 Å². The molecule has 0 nitrogen and oxygen atoms in total. The molecule has 2 heteroatoms. The smallest absolute Gasteiger partial charge is 0.0448 e. The number of hydrogen-bond donors (Lipinski definition) is 0. The lowest BCUT2D eigenvalue weighted by Gasteiger charge is -2.22. The molecule has 0 atom stereocenters. The van der Waals surface area contributed by atoms with Crippen LogP contribution in [0.25, 0.3) is 95.3 Å². The molecule has 0 aliphatic heterocycles. The molecule has 2 heterocycles. The van der Waals surface area contributed by atoms with Gasteiger partial charge < -0.3 is 0 Å². The van der Waals surface area contributed by atoms with Crippen molar-refractivity contribution < 1.29 is 0 Å². The van der Waals surface area contributed by atoms with Crippen LogP contribution in [-0.2, 0) is 5.41 Å². The highest BCUT2D eigenvalue weighted by Gasteiger charge is 2.37. The molecular formula is C47H30S2. The second kappa shape index (κ2) is 9.89. The Labute approximate surface area is 292 Å². The molecule has 0 unspecified atom stereocenters. The molecule has 8 aromatic carbocycles. The summed E-state index contributed by atoms with van der Waals surface area (Å²) in [6.07, 6.45) is 0. The molecule has 0 fully saturated rings. The van der Waals surface area contributed by atoms with Gasteiger partial charge in [-0.15, -0.1) is 22.7 Å². The van der Waals surface area contributed by atoms with E-state index in [0.29, 0.717) is 0 Å². The van der Waals surface area contributed by atoms with Crippen LogP contribution in [0.5, 0.6) is 0 Å². The first kappa shape index (κ1) is 27.6. The molecule has 0 bridgehead atoms. The summed E-state index contributed by atoms with van der Waals surface area (Å²) in [5.74, 6) is 0. The minimum Gasteiger partial charge on any atom is -0.135 e. The number of benzene rings is 8. The van der Waals surface area contributed by atoms with Gasteiger partial charge in [-0.1, -0.05) is 141 Å². The first-order chi connectivity index (χ1) is 24.1. The topological polar surface area (TPSA) is 0 Å². The summed E-state index contributed by atoms with van der Waals surface area (Å²) in [4.78, 5) is 0. The lowest BCUT2D eigenvalue weighted by Crippen LogP contribution is -2.14. The van der Waals surface area contributed by atoms with Gasteiger partial charge >= 0.3 is 0 Å². The van der Waals surface area contributed by atoms with E-state index in [2.05, 4.69) is 159 Å². The van der Waals surface area contributed by atoms with E-state index in [1.54, 1.807) is 0 Å². The highest BCUT2D eigenvalue weighted by molar-refractivity contribution is 7.29. The molecule has 10 aromatic rings. The van der Waals surface area contributed by atoms with Crippen LogP contribution in [0, 0.1) is 0 Å². The Bertz CT molecular complexity index is 2970. The molecule has 0 N–H and O–H groups in total. The van der Waals surface area contributed by atoms with E-state index in [4.69, 9.17) is 0 Å². The fourth-order valence-corrected chi connectivity index (χ4v) is 11.4. The summed E-state index contributed by atoms with van der Waals surface area (Å²) < 4.78 is 5.46. The van der Waals surface area contributed by atoms with E-state index < -0.39 is 0 Å². The lowest BCUT2D eigenvalue weighted by molar-refractivity contribution is 0.660. The van der Waals surface area contributed by atoms with E-state index in [-0.39, 0.29) is 5.41 Å². The molecule has 1 aliphatic rings. The molecule has 0 saturated heterocycles. The van der Waals surface area contributed by atoms with Crippen LogP contribution in [0.1, 0.15) is 25.0 Å². The van der Waals surface area contributed by atoms with E-state index in [9.17, 15) is 0 Å². The van der Waals surface area contributed by atoms with Crippen LogP contribution < -0.4 is 0 Å². The third-order valence-corrected chi connectivity index (χ3v) is 13.4. The van der Waals surface area contributed by atoms with E-state index in [1.807, 2.05) is 22.7 Å². The summed E-state index contributed by atoms with van der Waals surface area (Å²) >= 11 is 3.84. The summed E-state index contributed by atoms with van der Waals surface area (Å²) in [7, 11) is 0. The van der Waals surface area contributed by atoms with Crippen LogP contribution in [0.15, 0.2) is 146 Å². The molecule has 230 valence electrons. The van der Waals surface area contributed by atoms with Gasteiger partial charge in [-0.05, 0) is 84.3 Å². The second-order valence-electron chi connectivity index (χ2n) is 14.0. The number of thiophene rings is 2. The molecule has 0 saturated carbocycles. The first-order valence-electron chi connectivity index (χ1n) is 17.0. The van der Waals surface area contributed by atoms with Crippen molar-refractivity contribution in [2.75, 3.05) is 0 Å². The van der Waals surface area contributed by atoms with Crippen LogP contribution in [0.4, 0.5) is 0 Å². The zero-order chi connectivity index (χ0) is 32.4. The first-order valence-corrected chi connectivity index (χ1v) is 18.7. The van der Waals surface area contributed by atoms with Crippen molar-refractivity contribution in [3.8, 4) is 33.4 Å². The fourth-order valence-electron chi connectivity index (χ4n) is 8.89. The van der Waals surface area contributed by atoms with Gasteiger partial charge in [-0.2, -0.15) is 0 Å². The minimum absolute atomic E-state index is 0.0471. The lowest BCUT2D eigenvalue weighted by atomic mass is 9.80. The van der Waals surface area contributed by atoms with Crippen molar-refractivity contribution in [2.24, 2.45) is 0 Å². The quantitative estimate of drug-likeness (QED) is 0.162. The van der Waals surface area contributed by atoms with Gasteiger partial charge in [0.2, 0.25) is 0 Å². The van der Waals surface area contributed by atoms with Crippen LogP contribution in [-0.4, -0.2) is 0 Å². The number of rotatable bonds is 2. The zero-order valence-electron chi connectivity index (χ0n) is 27.2. The molecule has 1 aliphatic carbocycles. The normalized spacial score (nSPS) is 13.7. The summed E-state index contributed by atoms with van der Waals surface area (Å²) in [5, 5.41) is 10.7. The van der Waals surface area contributed by atoms with Gasteiger partial charge in [0.25, 0.3) is 0 Å². The van der Waals surface area contributed by atoms with Crippen LogP contribution in [0.3, 0.4) is 0 Å². The Morgan fingerprint density at radius 1 is 0.388 bits per heavy atom. The summed E-state index contributed by atoms with van der Waals surface area (Å²) in [6, 6.07) is 54.8. The molecule has 0 amide bonds. The summed E-state index contributed by atoms with van der Waals surface area (Å²) in [5.41, 5.74) is 10.7.